The number of amides is 1. The Kier molecular flexibility index (Phi) is 4.98. The summed E-state index contributed by atoms with van der Waals surface area (Å²) in [4.78, 5) is 12.5. The highest BCUT2D eigenvalue weighted by Crippen LogP contribution is 2.17. The number of rotatable bonds is 6. The minimum absolute atomic E-state index is 0.0485. The molecule has 2 aromatic rings. The fraction of sp³-hybridized carbons (Fsp3) is 0.412. The van der Waals surface area contributed by atoms with E-state index in [1.54, 1.807) is 10.9 Å². The lowest BCUT2D eigenvalue weighted by atomic mass is 9.94. The lowest BCUT2D eigenvalue weighted by Crippen LogP contribution is -2.46. The number of para-hydroxylation sites is 1. The molecule has 1 aromatic heterocycles. The second-order valence-corrected chi connectivity index (χ2v) is 5.75. The van der Waals surface area contributed by atoms with Crippen LogP contribution in [0.3, 0.4) is 0 Å². The normalized spacial score (nSPS) is 13.6. The molecule has 0 aliphatic rings. The third-order valence-corrected chi connectivity index (χ3v) is 4.02. The first-order valence-corrected chi connectivity index (χ1v) is 7.54. The average Bonchev–Trinajstić information content (AvgIpc) is 2.90. The van der Waals surface area contributed by atoms with Crippen LogP contribution < -0.4 is 5.32 Å². The largest absolute Gasteiger partial charge is 0.396 e. The smallest absolute Gasteiger partial charge is 0.255 e. The summed E-state index contributed by atoms with van der Waals surface area (Å²) in [6.45, 7) is 5.81. The Bertz CT molecular complexity index is 637. The van der Waals surface area contributed by atoms with Gasteiger partial charge in [-0.05, 0) is 38.8 Å². The molecule has 1 atom stereocenters. The summed E-state index contributed by atoms with van der Waals surface area (Å²) in [5.74, 6) is -0.155. The monoisotopic (exact) mass is 301 g/mol. The Balaban J connectivity index is 2.22. The van der Waals surface area contributed by atoms with Gasteiger partial charge < -0.3 is 10.4 Å². The van der Waals surface area contributed by atoms with Crippen LogP contribution in [0, 0.1) is 6.92 Å². The van der Waals surface area contributed by atoms with Crippen LogP contribution in [0.15, 0.2) is 36.5 Å². The number of benzene rings is 1. The predicted molar refractivity (Wildman–Crippen MR) is 86.2 cm³/mol. The summed E-state index contributed by atoms with van der Waals surface area (Å²) < 4.78 is 1.71. The Morgan fingerprint density at radius 1 is 1.36 bits per heavy atom. The second-order valence-electron chi connectivity index (χ2n) is 5.75. The number of carbonyl (C=O) groups is 1. The van der Waals surface area contributed by atoms with Gasteiger partial charge in [0.2, 0.25) is 0 Å². The van der Waals surface area contributed by atoms with Crippen LogP contribution in [-0.2, 0) is 0 Å². The highest BCUT2D eigenvalue weighted by molar-refractivity contribution is 5.95. The topological polar surface area (TPSA) is 67.2 Å². The van der Waals surface area contributed by atoms with E-state index in [0.717, 1.165) is 12.1 Å². The van der Waals surface area contributed by atoms with Crippen molar-refractivity contribution < 1.29 is 9.90 Å². The molecule has 0 aliphatic carbocycles. The van der Waals surface area contributed by atoms with Crippen molar-refractivity contribution in [3.8, 4) is 5.69 Å². The maximum Gasteiger partial charge on any atom is 0.255 e. The molecule has 0 aliphatic heterocycles. The van der Waals surface area contributed by atoms with Crippen LogP contribution >= 0.6 is 0 Å². The summed E-state index contributed by atoms with van der Waals surface area (Å²) in [5.41, 5.74) is 1.75. The van der Waals surface area contributed by atoms with E-state index in [9.17, 15) is 4.79 Å². The van der Waals surface area contributed by atoms with Gasteiger partial charge in [0.15, 0.2) is 0 Å². The van der Waals surface area contributed by atoms with E-state index in [-0.39, 0.29) is 12.5 Å². The maximum absolute atomic E-state index is 12.5. The van der Waals surface area contributed by atoms with Crippen LogP contribution in [0.4, 0.5) is 0 Å². The zero-order valence-corrected chi connectivity index (χ0v) is 13.3. The van der Waals surface area contributed by atoms with Gasteiger partial charge >= 0.3 is 0 Å². The Hall–Kier alpha value is -2.14. The van der Waals surface area contributed by atoms with Gasteiger partial charge in [0.05, 0.1) is 16.9 Å². The van der Waals surface area contributed by atoms with E-state index in [0.29, 0.717) is 17.7 Å². The van der Waals surface area contributed by atoms with Gasteiger partial charge in [-0.15, -0.1) is 0 Å². The van der Waals surface area contributed by atoms with Crippen molar-refractivity contribution in [3.05, 3.63) is 47.8 Å². The zero-order chi connectivity index (χ0) is 16.2. The molecule has 118 valence electrons. The summed E-state index contributed by atoms with van der Waals surface area (Å²) in [5, 5.41) is 16.6. The maximum atomic E-state index is 12.5. The third-order valence-electron chi connectivity index (χ3n) is 4.02. The van der Waals surface area contributed by atoms with Crippen molar-refractivity contribution in [2.24, 2.45) is 0 Å². The van der Waals surface area contributed by atoms with Crippen LogP contribution in [0.5, 0.6) is 0 Å². The Morgan fingerprint density at radius 2 is 2.05 bits per heavy atom. The molecule has 22 heavy (non-hydrogen) atoms. The number of aliphatic hydroxyl groups excluding tert-OH is 1. The van der Waals surface area contributed by atoms with Crippen LogP contribution in [0.1, 0.15) is 42.7 Å². The molecule has 2 N–H and O–H groups in total. The summed E-state index contributed by atoms with van der Waals surface area (Å²) in [6, 6.07) is 9.68. The lowest BCUT2D eigenvalue weighted by Gasteiger charge is -2.28. The first kappa shape index (κ1) is 16.2. The number of carbonyl (C=O) groups excluding carboxylic acids is 1. The van der Waals surface area contributed by atoms with E-state index in [2.05, 4.69) is 10.4 Å². The van der Waals surface area contributed by atoms with Crippen molar-refractivity contribution in [1.82, 2.24) is 15.1 Å². The van der Waals surface area contributed by atoms with Gasteiger partial charge in [-0.25, -0.2) is 4.68 Å². The predicted octanol–water partition coefficient (Wildman–Crippen LogP) is 2.46. The molecular weight excluding hydrogens is 278 g/mol. The quantitative estimate of drug-likeness (QED) is 0.861. The van der Waals surface area contributed by atoms with Gasteiger partial charge in [-0.2, -0.15) is 5.10 Å². The number of nitrogens with zero attached hydrogens (tertiary/aromatic N) is 2. The van der Waals surface area contributed by atoms with Gasteiger partial charge in [0.25, 0.3) is 5.91 Å². The Labute approximate surface area is 131 Å². The fourth-order valence-electron chi connectivity index (χ4n) is 2.31. The van der Waals surface area contributed by atoms with Crippen molar-refractivity contribution >= 4 is 5.91 Å². The van der Waals surface area contributed by atoms with Gasteiger partial charge in [-0.3, -0.25) is 4.79 Å². The highest BCUT2D eigenvalue weighted by atomic mass is 16.3. The molecule has 0 fully saturated rings. The fourth-order valence-corrected chi connectivity index (χ4v) is 2.31. The van der Waals surface area contributed by atoms with Gasteiger partial charge in [0.1, 0.15) is 0 Å². The summed E-state index contributed by atoms with van der Waals surface area (Å²) in [6.07, 6.45) is 3.03. The van der Waals surface area contributed by atoms with Gasteiger partial charge in [-0.1, -0.05) is 25.1 Å². The molecule has 1 aromatic carbocycles. The third kappa shape index (κ3) is 3.54. The minimum Gasteiger partial charge on any atom is -0.396 e. The number of nitrogens with one attached hydrogen (secondary N) is 1. The first-order valence-electron chi connectivity index (χ1n) is 7.54. The van der Waals surface area contributed by atoms with E-state index in [4.69, 9.17) is 5.11 Å². The van der Waals surface area contributed by atoms with E-state index < -0.39 is 5.54 Å². The van der Waals surface area contributed by atoms with Crippen LogP contribution in [-0.4, -0.2) is 32.9 Å². The van der Waals surface area contributed by atoms with Crippen LogP contribution in [0.2, 0.25) is 0 Å². The molecular formula is C17H23N3O2. The molecule has 1 unspecified atom stereocenters. The van der Waals surface area contributed by atoms with Crippen molar-refractivity contribution in [3.63, 3.8) is 0 Å². The Morgan fingerprint density at radius 3 is 2.64 bits per heavy atom. The van der Waals surface area contributed by atoms with Crippen molar-refractivity contribution in [2.75, 3.05) is 6.61 Å². The number of hydrogen-bond donors (Lipinski definition) is 2. The van der Waals surface area contributed by atoms with E-state index in [1.807, 2.05) is 51.1 Å². The average molecular weight is 301 g/mol. The molecule has 2 rings (SSSR count). The second kappa shape index (κ2) is 6.75. The first-order chi connectivity index (χ1) is 10.5. The molecule has 5 nitrogen and oxygen atoms in total. The number of aliphatic hydroxyl groups is 1. The molecule has 0 bridgehead atoms. The SMILES string of the molecule is CCC(C)(CCO)NC(=O)c1cn(-c2ccccc2)nc1C. The zero-order valence-electron chi connectivity index (χ0n) is 13.3. The highest BCUT2D eigenvalue weighted by Gasteiger charge is 2.25. The van der Waals surface area contributed by atoms with E-state index >= 15 is 0 Å². The van der Waals surface area contributed by atoms with Crippen molar-refractivity contribution in [1.29, 1.82) is 0 Å². The minimum atomic E-state index is -0.410. The summed E-state index contributed by atoms with van der Waals surface area (Å²) in [7, 11) is 0. The molecule has 1 heterocycles. The molecule has 1 amide bonds. The molecule has 0 saturated carbocycles. The van der Waals surface area contributed by atoms with E-state index in [1.165, 1.54) is 0 Å². The number of hydrogen-bond acceptors (Lipinski definition) is 3. The summed E-state index contributed by atoms with van der Waals surface area (Å²) >= 11 is 0. The van der Waals surface area contributed by atoms with Gasteiger partial charge in [0, 0.05) is 18.3 Å². The molecule has 5 heteroatoms. The number of aryl methyl sites for hydroxylation is 1. The number of aromatic nitrogens is 2. The molecule has 0 saturated heterocycles. The lowest BCUT2D eigenvalue weighted by molar-refractivity contribution is 0.0885. The van der Waals surface area contributed by atoms with Crippen LogP contribution in [0.25, 0.3) is 5.69 Å². The molecule has 0 radical (unpaired) electrons. The van der Waals surface area contributed by atoms with Crippen molar-refractivity contribution in [2.45, 2.75) is 39.2 Å². The standard InChI is InChI=1S/C17H23N3O2/c1-4-17(3,10-11-21)18-16(22)15-12-20(19-13(15)2)14-8-6-5-7-9-14/h5-9,12,21H,4,10-11H2,1-3H3,(H,18,22). The molecule has 0 spiro atoms.